The minimum absolute atomic E-state index is 0.0295. The number of fused-ring (bicyclic) bond motifs is 1. The molecule has 0 unspecified atom stereocenters. The van der Waals surface area contributed by atoms with Crippen molar-refractivity contribution in [3.63, 3.8) is 0 Å². The van der Waals surface area contributed by atoms with E-state index in [2.05, 4.69) is 10.9 Å². The molecule has 28 heavy (non-hydrogen) atoms. The molecule has 0 radical (unpaired) electrons. The van der Waals surface area contributed by atoms with E-state index in [1.54, 1.807) is 35.2 Å². The number of rotatable bonds is 4. The number of benzene rings is 2. The number of carbonyl (C=O) groups excluding carboxylic acids is 3. The summed E-state index contributed by atoms with van der Waals surface area (Å²) in [4.78, 5) is 37.9. The number of hydrazine groups is 1. The van der Waals surface area contributed by atoms with Gasteiger partial charge >= 0.3 is 0 Å². The van der Waals surface area contributed by atoms with E-state index in [0.717, 1.165) is 11.3 Å². The molecule has 0 saturated carbocycles. The van der Waals surface area contributed by atoms with Crippen LogP contribution in [0.1, 0.15) is 33.2 Å². The number of hydrogen-bond acceptors (Lipinski definition) is 5. The third-order valence-electron chi connectivity index (χ3n) is 4.55. The Morgan fingerprint density at radius 3 is 2.11 bits per heavy atom. The van der Waals surface area contributed by atoms with E-state index in [4.69, 9.17) is 9.47 Å². The molecule has 0 aromatic heterocycles. The molecule has 0 aliphatic carbocycles. The van der Waals surface area contributed by atoms with E-state index in [-0.39, 0.29) is 5.91 Å². The second-order valence-electron chi connectivity index (χ2n) is 6.24. The molecule has 0 atom stereocenters. The predicted octanol–water partition coefficient (Wildman–Crippen LogP) is 1.69. The van der Waals surface area contributed by atoms with Gasteiger partial charge in [0.15, 0.2) is 11.5 Å². The fourth-order valence-electron chi connectivity index (χ4n) is 3.11. The lowest BCUT2D eigenvalue weighted by Crippen LogP contribution is -2.41. The van der Waals surface area contributed by atoms with Crippen molar-refractivity contribution >= 4 is 23.4 Å². The first kappa shape index (κ1) is 19.2. The largest absolute Gasteiger partial charge is 0.493 e. The molecule has 1 aliphatic rings. The standard InChI is InChI=1S/C20H21N3O5/c1-12(24)23-9-8-13-10-14(4-6-16(13)23)19(25)21-22-20(26)15-5-7-17(27-2)18(11-15)28-3/h4-7,10-11H,8-9H2,1-3H3,(H,21,25)(H,22,26). The first-order chi connectivity index (χ1) is 13.4. The Labute approximate surface area is 162 Å². The Balaban J connectivity index is 1.66. The fourth-order valence-corrected chi connectivity index (χ4v) is 3.11. The molecule has 146 valence electrons. The molecule has 0 bridgehead atoms. The second-order valence-corrected chi connectivity index (χ2v) is 6.24. The lowest BCUT2D eigenvalue weighted by Gasteiger charge is -2.15. The highest BCUT2D eigenvalue weighted by Crippen LogP contribution is 2.29. The van der Waals surface area contributed by atoms with Gasteiger partial charge in [0.25, 0.3) is 11.8 Å². The van der Waals surface area contributed by atoms with Gasteiger partial charge in [0.1, 0.15) is 0 Å². The fraction of sp³-hybridized carbons (Fsp3) is 0.250. The smallest absolute Gasteiger partial charge is 0.269 e. The maximum absolute atomic E-state index is 12.4. The van der Waals surface area contributed by atoms with Crippen LogP contribution in [0.5, 0.6) is 11.5 Å². The van der Waals surface area contributed by atoms with E-state index >= 15 is 0 Å². The van der Waals surface area contributed by atoms with E-state index in [1.165, 1.54) is 27.2 Å². The van der Waals surface area contributed by atoms with Crippen molar-refractivity contribution in [2.75, 3.05) is 25.7 Å². The molecule has 0 saturated heterocycles. The first-order valence-corrected chi connectivity index (χ1v) is 8.68. The lowest BCUT2D eigenvalue weighted by atomic mass is 10.1. The highest BCUT2D eigenvalue weighted by Gasteiger charge is 2.23. The maximum atomic E-state index is 12.4. The topological polar surface area (TPSA) is 97.0 Å². The molecule has 0 fully saturated rings. The maximum Gasteiger partial charge on any atom is 0.269 e. The Bertz CT molecular complexity index is 941. The minimum atomic E-state index is -0.488. The molecule has 8 heteroatoms. The van der Waals surface area contributed by atoms with Gasteiger partial charge in [0.05, 0.1) is 14.2 Å². The Morgan fingerprint density at radius 1 is 0.893 bits per heavy atom. The summed E-state index contributed by atoms with van der Waals surface area (Å²) in [5.74, 6) is -0.0507. The monoisotopic (exact) mass is 383 g/mol. The summed E-state index contributed by atoms with van der Waals surface area (Å²) in [5.41, 5.74) is 7.23. The molecule has 3 rings (SSSR count). The Kier molecular flexibility index (Phi) is 5.49. The van der Waals surface area contributed by atoms with Crippen LogP contribution in [-0.4, -0.2) is 38.5 Å². The molecule has 1 aliphatic heterocycles. The normalized spacial score (nSPS) is 12.2. The molecule has 2 N–H and O–H groups in total. The van der Waals surface area contributed by atoms with Gasteiger partial charge in [0.2, 0.25) is 5.91 Å². The van der Waals surface area contributed by atoms with Crippen LogP contribution in [0.25, 0.3) is 0 Å². The zero-order valence-corrected chi connectivity index (χ0v) is 15.9. The van der Waals surface area contributed by atoms with Crippen LogP contribution in [-0.2, 0) is 11.2 Å². The quantitative estimate of drug-likeness (QED) is 0.783. The van der Waals surface area contributed by atoms with Crippen LogP contribution in [0.4, 0.5) is 5.69 Å². The van der Waals surface area contributed by atoms with Gasteiger partial charge in [-0.3, -0.25) is 25.2 Å². The predicted molar refractivity (Wildman–Crippen MR) is 103 cm³/mol. The van der Waals surface area contributed by atoms with Crippen LogP contribution < -0.4 is 25.2 Å². The average molecular weight is 383 g/mol. The first-order valence-electron chi connectivity index (χ1n) is 8.68. The number of nitrogens with one attached hydrogen (secondary N) is 2. The van der Waals surface area contributed by atoms with E-state index in [1.807, 2.05) is 0 Å². The molecule has 2 aromatic rings. The van der Waals surface area contributed by atoms with Crippen molar-refractivity contribution in [2.24, 2.45) is 0 Å². The molecular weight excluding hydrogens is 362 g/mol. The summed E-state index contributed by atoms with van der Waals surface area (Å²) in [5, 5.41) is 0. The van der Waals surface area contributed by atoms with Crippen LogP contribution >= 0.6 is 0 Å². The molecular formula is C20H21N3O5. The summed E-state index contributed by atoms with van der Waals surface area (Å²) in [6, 6.07) is 9.79. The summed E-state index contributed by atoms with van der Waals surface area (Å²) >= 11 is 0. The third kappa shape index (κ3) is 3.75. The molecule has 0 spiro atoms. The van der Waals surface area contributed by atoms with Crippen molar-refractivity contribution in [2.45, 2.75) is 13.3 Å². The zero-order valence-electron chi connectivity index (χ0n) is 15.9. The Morgan fingerprint density at radius 2 is 1.50 bits per heavy atom. The molecule has 2 aromatic carbocycles. The van der Waals surface area contributed by atoms with Crippen molar-refractivity contribution in [1.82, 2.24) is 10.9 Å². The number of anilines is 1. The van der Waals surface area contributed by atoms with Crippen molar-refractivity contribution in [3.8, 4) is 11.5 Å². The van der Waals surface area contributed by atoms with Gasteiger partial charge < -0.3 is 14.4 Å². The van der Waals surface area contributed by atoms with Gasteiger partial charge in [-0.1, -0.05) is 0 Å². The van der Waals surface area contributed by atoms with Crippen LogP contribution in [0.15, 0.2) is 36.4 Å². The average Bonchev–Trinajstić information content (AvgIpc) is 3.14. The molecule has 1 heterocycles. The summed E-state index contributed by atoms with van der Waals surface area (Å²) < 4.78 is 10.3. The molecule has 8 nitrogen and oxygen atoms in total. The zero-order chi connectivity index (χ0) is 20.3. The number of ether oxygens (including phenoxy) is 2. The SMILES string of the molecule is COc1ccc(C(=O)NNC(=O)c2ccc3c(c2)CCN3C(C)=O)cc1OC. The van der Waals surface area contributed by atoms with Gasteiger partial charge in [-0.05, 0) is 48.4 Å². The number of hydrogen-bond donors (Lipinski definition) is 2. The van der Waals surface area contributed by atoms with Crippen molar-refractivity contribution in [1.29, 1.82) is 0 Å². The van der Waals surface area contributed by atoms with Gasteiger partial charge in [0, 0.05) is 30.3 Å². The minimum Gasteiger partial charge on any atom is -0.493 e. The number of amides is 3. The lowest BCUT2D eigenvalue weighted by molar-refractivity contribution is -0.116. The highest BCUT2D eigenvalue weighted by molar-refractivity contribution is 6.00. The van der Waals surface area contributed by atoms with E-state index in [9.17, 15) is 14.4 Å². The molecule has 3 amide bonds. The van der Waals surface area contributed by atoms with Crippen molar-refractivity contribution < 1.29 is 23.9 Å². The third-order valence-corrected chi connectivity index (χ3v) is 4.55. The Hall–Kier alpha value is -3.55. The van der Waals surface area contributed by atoms with Crippen LogP contribution in [0.2, 0.25) is 0 Å². The van der Waals surface area contributed by atoms with Gasteiger partial charge in [-0.15, -0.1) is 0 Å². The summed E-state index contributed by atoms with van der Waals surface area (Å²) in [6.45, 7) is 2.12. The van der Waals surface area contributed by atoms with E-state index < -0.39 is 11.8 Å². The number of carbonyl (C=O) groups is 3. The number of methoxy groups -OCH3 is 2. The van der Waals surface area contributed by atoms with Crippen LogP contribution in [0.3, 0.4) is 0 Å². The van der Waals surface area contributed by atoms with E-state index in [0.29, 0.717) is 35.6 Å². The van der Waals surface area contributed by atoms with Gasteiger partial charge in [-0.2, -0.15) is 0 Å². The highest BCUT2D eigenvalue weighted by atomic mass is 16.5. The van der Waals surface area contributed by atoms with Crippen molar-refractivity contribution in [3.05, 3.63) is 53.1 Å². The second kappa shape index (κ2) is 7.99. The summed E-state index contributed by atoms with van der Waals surface area (Å²) in [7, 11) is 2.98. The number of nitrogens with zero attached hydrogens (tertiary/aromatic N) is 1. The van der Waals surface area contributed by atoms with Gasteiger partial charge in [-0.25, -0.2) is 0 Å². The van der Waals surface area contributed by atoms with Crippen LogP contribution in [0, 0.1) is 0 Å². The summed E-state index contributed by atoms with van der Waals surface area (Å²) in [6.07, 6.45) is 0.689.